The molecule has 1 atom stereocenters. The summed E-state index contributed by atoms with van der Waals surface area (Å²) in [5, 5.41) is 3.81. The van der Waals surface area contributed by atoms with Crippen LogP contribution in [0.3, 0.4) is 0 Å². The van der Waals surface area contributed by atoms with Crippen LogP contribution in [-0.2, 0) is 10.0 Å². The van der Waals surface area contributed by atoms with Gasteiger partial charge in [0, 0.05) is 25.0 Å². The Hall–Kier alpha value is -1.66. The monoisotopic (exact) mass is 305 g/mol. The predicted octanol–water partition coefficient (Wildman–Crippen LogP) is 2.45. The Labute approximate surface area is 125 Å². The van der Waals surface area contributed by atoms with E-state index in [0.29, 0.717) is 11.4 Å². The Morgan fingerprint density at radius 1 is 1.29 bits per heavy atom. The molecule has 2 heterocycles. The molecule has 1 unspecified atom stereocenters. The molecule has 1 aromatic heterocycles. The first-order chi connectivity index (χ1) is 10.0. The minimum Gasteiger partial charge on any atom is -0.373 e. The Balaban J connectivity index is 2.04. The molecule has 21 heavy (non-hydrogen) atoms. The number of fused-ring (bicyclic) bond motifs is 1. The van der Waals surface area contributed by atoms with Gasteiger partial charge in [-0.3, -0.25) is 0 Å². The highest BCUT2D eigenvalue weighted by Gasteiger charge is 2.32. The summed E-state index contributed by atoms with van der Waals surface area (Å²) in [5.74, 6) is 0.770. The molecule has 0 bridgehead atoms. The molecule has 3 rings (SSSR count). The van der Waals surface area contributed by atoms with E-state index in [1.54, 1.807) is 22.5 Å². The van der Waals surface area contributed by atoms with E-state index in [9.17, 15) is 8.42 Å². The summed E-state index contributed by atoms with van der Waals surface area (Å²) >= 11 is 0. The lowest BCUT2D eigenvalue weighted by atomic mass is 10.2. The minimum absolute atomic E-state index is 0.0792. The van der Waals surface area contributed by atoms with Crippen LogP contribution < -0.4 is 5.32 Å². The van der Waals surface area contributed by atoms with Crippen LogP contribution in [0, 0.1) is 0 Å². The number of anilines is 1. The highest BCUT2D eigenvalue weighted by molar-refractivity contribution is 7.89. The van der Waals surface area contributed by atoms with Crippen molar-refractivity contribution < 1.29 is 8.42 Å². The van der Waals surface area contributed by atoms with Gasteiger partial charge in [0.1, 0.15) is 5.82 Å². The van der Waals surface area contributed by atoms with Crippen molar-refractivity contribution in [2.75, 3.05) is 18.9 Å². The van der Waals surface area contributed by atoms with Crippen LogP contribution in [0.2, 0.25) is 0 Å². The smallest absolute Gasteiger partial charge is 0.243 e. The van der Waals surface area contributed by atoms with Crippen molar-refractivity contribution >= 4 is 26.7 Å². The van der Waals surface area contributed by atoms with Gasteiger partial charge in [-0.2, -0.15) is 4.31 Å². The van der Waals surface area contributed by atoms with Gasteiger partial charge >= 0.3 is 0 Å². The zero-order valence-electron chi connectivity index (χ0n) is 12.2. The summed E-state index contributed by atoms with van der Waals surface area (Å²) in [6.45, 7) is 2.57. The second-order valence-corrected chi connectivity index (χ2v) is 7.30. The van der Waals surface area contributed by atoms with E-state index >= 15 is 0 Å². The lowest BCUT2D eigenvalue weighted by Gasteiger charge is -2.21. The van der Waals surface area contributed by atoms with Crippen molar-refractivity contribution in [2.24, 2.45) is 0 Å². The number of rotatable bonds is 3. The first-order valence-electron chi connectivity index (χ1n) is 7.13. The van der Waals surface area contributed by atoms with Gasteiger partial charge < -0.3 is 5.32 Å². The molecule has 0 amide bonds. The molecule has 1 aliphatic rings. The number of hydrogen-bond acceptors (Lipinski definition) is 4. The first kappa shape index (κ1) is 14.3. The third-order valence-corrected chi connectivity index (χ3v) is 6.02. The molecule has 2 aromatic rings. The Kier molecular flexibility index (Phi) is 3.59. The van der Waals surface area contributed by atoms with Gasteiger partial charge in [0.05, 0.1) is 10.4 Å². The number of nitrogens with zero attached hydrogens (tertiary/aromatic N) is 2. The lowest BCUT2D eigenvalue weighted by molar-refractivity contribution is 0.408. The summed E-state index contributed by atoms with van der Waals surface area (Å²) in [7, 11) is -1.60. The molecule has 0 aliphatic carbocycles. The molecule has 1 saturated heterocycles. The number of hydrogen-bond donors (Lipinski definition) is 1. The van der Waals surface area contributed by atoms with Crippen LogP contribution in [-0.4, -0.2) is 37.3 Å². The zero-order chi connectivity index (χ0) is 15.0. The van der Waals surface area contributed by atoms with E-state index in [1.165, 1.54) is 0 Å². The van der Waals surface area contributed by atoms with E-state index in [2.05, 4.69) is 10.3 Å². The largest absolute Gasteiger partial charge is 0.373 e. The van der Waals surface area contributed by atoms with Gasteiger partial charge in [-0.25, -0.2) is 13.4 Å². The maximum absolute atomic E-state index is 12.7. The van der Waals surface area contributed by atoms with Crippen molar-refractivity contribution in [1.29, 1.82) is 0 Å². The Morgan fingerprint density at radius 2 is 2.10 bits per heavy atom. The Morgan fingerprint density at radius 3 is 2.76 bits per heavy atom. The average Bonchev–Trinajstić information content (AvgIpc) is 2.93. The molecule has 5 nitrogen and oxygen atoms in total. The molecule has 1 N–H and O–H groups in total. The van der Waals surface area contributed by atoms with Gasteiger partial charge in [0.2, 0.25) is 10.0 Å². The molecular weight excluding hydrogens is 286 g/mol. The maximum Gasteiger partial charge on any atom is 0.243 e. The predicted molar refractivity (Wildman–Crippen MR) is 83.9 cm³/mol. The second-order valence-electron chi connectivity index (χ2n) is 5.41. The molecular formula is C15H19N3O2S. The quantitative estimate of drug-likeness (QED) is 0.946. The molecule has 1 aliphatic heterocycles. The molecule has 1 fully saturated rings. The fourth-order valence-electron chi connectivity index (χ4n) is 2.80. The summed E-state index contributed by atoms with van der Waals surface area (Å²) in [4.78, 5) is 4.76. The van der Waals surface area contributed by atoms with Gasteiger partial charge in [0.25, 0.3) is 0 Å². The SMILES string of the molecule is CNc1ccc2cc(S(=O)(=O)N3CCCC3C)ccc2n1. The summed E-state index contributed by atoms with van der Waals surface area (Å²) in [6, 6.07) is 8.94. The molecule has 0 radical (unpaired) electrons. The maximum atomic E-state index is 12.7. The number of pyridine rings is 1. The fourth-order valence-corrected chi connectivity index (χ4v) is 4.54. The lowest BCUT2D eigenvalue weighted by Crippen LogP contribution is -2.33. The van der Waals surface area contributed by atoms with Crippen molar-refractivity contribution in [2.45, 2.75) is 30.7 Å². The van der Waals surface area contributed by atoms with E-state index < -0.39 is 10.0 Å². The summed E-state index contributed by atoms with van der Waals surface area (Å²) < 4.78 is 27.0. The normalized spacial score (nSPS) is 20.0. The highest BCUT2D eigenvalue weighted by atomic mass is 32.2. The van der Waals surface area contributed by atoms with E-state index in [1.807, 2.05) is 26.1 Å². The fraction of sp³-hybridized carbons (Fsp3) is 0.400. The van der Waals surface area contributed by atoms with Crippen molar-refractivity contribution in [3.8, 4) is 0 Å². The molecule has 0 spiro atoms. The Bertz CT molecular complexity index is 774. The van der Waals surface area contributed by atoms with Crippen molar-refractivity contribution in [1.82, 2.24) is 9.29 Å². The van der Waals surface area contributed by atoms with Gasteiger partial charge in [0.15, 0.2) is 0 Å². The van der Waals surface area contributed by atoms with Crippen LogP contribution in [0.25, 0.3) is 10.9 Å². The van der Waals surface area contributed by atoms with Crippen molar-refractivity contribution in [3.05, 3.63) is 30.3 Å². The van der Waals surface area contributed by atoms with Crippen LogP contribution in [0.5, 0.6) is 0 Å². The average molecular weight is 305 g/mol. The standard InChI is InChI=1S/C15H19N3O2S/c1-11-4-3-9-18(11)21(19,20)13-6-7-14-12(10-13)5-8-15(16-2)17-14/h5-8,10-11H,3-4,9H2,1-2H3,(H,16,17). The molecule has 6 heteroatoms. The number of nitrogens with one attached hydrogen (secondary N) is 1. The third kappa shape index (κ3) is 2.49. The van der Waals surface area contributed by atoms with Crippen LogP contribution in [0.4, 0.5) is 5.82 Å². The van der Waals surface area contributed by atoms with Gasteiger partial charge in [-0.1, -0.05) is 0 Å². The number of benzene rings is 1. The third-order valence-electron chi connectivity index (χ3n) is 4.02. The van der Waals surface area contributed by atoms with E-state index in [0.717, 1.165) is 29.6 Å². The minimum atomic E-state index is -3.41. The highest BCUT2D eigenvalue weighted by Crippen LogP contribution is 2.27. The topological polar surface area (TPSA) is 62.3 Å². The first-order valence-corrected chi connectivity index (χ1v) is 8.57. The van der Waals surface area contributed by atoms with Crippen LogP contribution in [0.1, 0.15) is 19.8 Å². The molecule has 1 aromatic carbocycles. The summed E-state index contributed by atoms with van der Waals surface area (Å²) in [5.41, 5.74) is 0.787. The number of sulfonamides is 1. The summed E-state index contributed by atoms with van der Waals surface area (Å²) in [6.07, 6.45) is 1.86. The molecule has 0 saturated carbocycles. The van der Waals surface area contributed by atoms with Gasteiger partial charge in [-0.05, 0) is 50.1 Å². The van der Waals surface area contributed by atoms with E-state index in [-0.39, 0.29) is 6.04 Å². The zero-order valence-corrected chi connectivity index (χ0v) is 13.0. The second kappa shape index (κ2) is 5.27. The molecule has 112 valence electrons. The van der Waals surface area contributed by atoms with Crippen LogP contribution in [0.15, 0.2) is 35.2 Å². The van der Waals surface area contributed by atoms with Gasteiger partial charge in [-0.15, -0.1) is 0 Å². The van der Waals surface area contributed by atoms with Crippen LogP contribution >= 0.6 is 0 Å². The van der Waals surface area contributed by atoms with Crippen molar-refractivity contribution in [3.63, 3.8) is 0 Å². The number of aromatic nitrogens is 1. The van der Waals surface area contributed by atoms with E-state index in [4.69, 9.17) is 0 Å².